The Kier molecular flexibility index (Phi) is 4.97. The van der Waals surface area contributed by atoms with Crippen LogP contribution in [-0.2, 0) is 11.3 Å². The Morgan fingerprint density at radius 2 is 2.47 bits per heavy atom. The van der Waals surface area contributed by atoms with Crippen LogP contribution in [0.5, 0.6) is 0 Å². The highest BCUT2D eigenvalue weighted by Crippen LogP contribution is 2.03. The SMILES string of the molecule is CCN1CCOC(CNCCn2cccn2)C1. The van der Waals surface area contributed by atoms with Crippen LogP contribution in [-0.4, -0.2) is 60.1 Å². The Balaban J connectivity index is 1.58. The van der Waals surface area contributed by atoms with Gasteiger partial charge in [0.2, 0.25) is 0 Å². The summed E-state index contributed by atoms with van der Waals surface area (Å²) in [5, 5.41) is 7.59. The first kappa shape index (κ1) is 12.5. The lowest BCUT2D eigenvalue weighted by Crippen LogP contribution is -2.46. The maximum absolute atomic E-state index is 5.72. The van der Waals surface area contributed by atoms with Crippen molar-refractivity contribution < 1.29 is 4.74 Å². The Hall–Kier alpha value is -0.910. The second-order valence-corrected chi connectivity index (χ2v) is 4.36. The zero-order chi connectivity index (χ0) is 11.9. The standard InChI is InChI=1S/C12H22N4O/c1-2-15-8-9-17-12(11-15)10-13-5-7-16-6-3-4-14-16/h3-4,6,12-13H,2,5,7-11H2,1H3. The lowest BCUT2D eigenvalue weighted by Gasteiger charge is -2.32. The summed E-state index contributed by atoms with van der Waals surface area (Å²) < 4.78 is 7.66. The van der Waals surface area contributed by atoms with Gasteiger partial charge in [-0.1, -0.05) is 6.92 Å². The van der Waals surface area contributed by atoms with Gasteiger partial charge >= 0.3 is 0 Å². The molecular weight excluding hydrogens is 216 g/mol. The second kappa shape index (κ2) is 6.74. The Bertz CT molecular complexity index is 301. The van der Waals surface area contributed by atoms with Crippen molar-refractivity contribution in [2.24, 2.45) is 0 Å². The molecule has 5 nitrogen and oxygen atoms in total. The molecule has 96 valence electrons. The Labute approximate surface area is 103 Å². The van der Waals surface area contributed by atoms with Crippen LogP contribution in [0.2, 0.25) is 0 Å². The van der Waals surface area contributed by atoms with E-state index in [1.54, 1.807) is 0 Å². The molecule has 17 heavy (non-hydrogen) atoms. The van der Waals surface area contributed by atoms with Crippen LogP contribution in [0, 0.1) is 0 Å². The summed E-state index contributed by atoms with van der Waals surface area (Å²) in [5.41, 5.74) is 0. The number of nitrogens with zero attached hydrogens (tertiary/aromatic N) is 3. The molecule has 1 aromatic rings. The molecule has 2 rings (SSSR count). The van der Waals surface area contributed by atoms with Gasteiger partial charge in [0.1, 0.15) is 0 Å². The third-order valence-electron chi connectivity index (χ3n) is 3.12. The van der Waals surface area contributed by atoms with E-state index in [1.807, 2.05) is 23.1 Å². The van der Waals surface area contributed by atoms with Crippen LogP contribution >= 0.6 is 0 Å². The van der Waals surface area contributed by atoms with Crippen molar-refractivity contribution in [2.75, 3.05) is 39.3 Å². The van der Waals surface area contributed by atoms with Gasteiger partial charge in [0.05, 0.1) is 19.3 Å². The molecule has 0 amide bonds. The van der Waals surface area contributed by atoms with Crippen LogP contribution in [0.1, 0.15) is 6.92 Å². The van der Waals surface area contributed by atoms with E-state index in [2.05, 4.69) is 22.2 Å². The number of aromatic nitrogens is 2. The summed E-state index contributed by atoms with van der Waals surface area (Å²) in [4.78, 5) is 2.43. The minimum atomic E-state index is 0.335. The number of morpholine rings is 1. The highest BCUT2D eigenvalue weighted by Gasteiger charge is 2.18. The third-order valence-corrected chi connectivity index (χ3v) is 3.12. The molecule has 1 fully saturated rings. The summed E-state index contributed by atoms with van der Waals surface area (Å²) in [6, 6.07) is 1.95. The van der Waals surface area contributed by atoms with Crippen LogP contribution in [0.4, 0.5) is 0 Å². The lowest BCUT2D eigenvalue weighted by molar-refractivity contribution is -0.0252. The molecule has 2 heterocycles. The molecular formula is C12H22N4O. The first-order valence-corrected chi connectivity index (χ1v) is 6.40. The molecule has 0 aromatic carbocycles. The Morgan fingerprint density at radius 1 is 1.53 bits per heavy atom. The first-order valence-electron chi connectivity index (χ1n) is 6.40. The molecule has 1 saturated heterocycles. The molecule has 0 bridgehead atoms. The lowest BCUT2D eigenvalue weighted by atomic mass is 10.2. The van der Waals surface area contributed by atoms with Gasteiger partial charge in [-0.25, -0.2) is 0 Å². The summed E-state index contributed by atoms with van der Waals surface area (Å²) in [7, 11) is 0. The van der Waals surface area contributed by atoms with Crippen molar-refractivity contribution >= 4 is 0 Å². The molecule has 0 aliphatic carbocycles. The number of likely N-dealkylation sites (N-methyl/N-ethyl adjacent to an activating group) is 1. The molecule has 0 saturated carbocycles. The van der Waals surface area contributed by atoms with E-state index in [0.29, 0.717) is 6.10 Å². The molecule has 1 unspecified atom stereocenters. The van der Waals surface area contributed by atoms with Gasteiger partial charge in [-0.05, 0) is 12.6 Å². The van der Waals surface area contributed by atoms with Gasteiger partial charge in [-0.15, -0.1) is 0 Å². The fourth-order valence-electron chi connectivity index (χ4n) is 2.08. The van der Waals surface area contributed by atoms with Gasteiger partial charge in [0.15, 0.2) is 0 Å². The zero-order valence-corrected chi connectivity index (χ0v) is 10.5. The highest BCUT2D eigenvalue weighted by atomic mass is 16.5. The monoisotopic (exact) mass is 238 g/mol. The molecule has 0 spiro atoms. The number of nitrogens with one attached hydrogen (secondary N) is 1. The van der Waals surface area contributed by atoms with E-state index >= 15 is 0 Å². The van der Waals surface area contributed by atoms with Crippen LogP contribution in [0.3, 0.4) is 0 Å². The molecule has 1 aromatic heterocycles. The fourth-order valence-corrected chi connectivity index (χ4v) is 2.08. The quantitative estimate of drug-likeness (QED) is 0.719. The smallest absolute Gasteiger partial charge is 0.0826 e. The molecule has 5 heteroatoms. The summed E-state index contributed by atoms with van der Waals surface area (Å²) in [6.45, 7) is 9.08. The normalized spacial score (nSPS) is 21.8. The maximum Gasteiger partial charge on any atom is 0.0826 e. The van der Waals surface area contributed by atoms with E-state index in [9.17, 15) is 0 Å². The largest absolute Gasteiger partial charge is 0.374 e. The summed E-state index contributed by atoms with van der Waals surface area (Å²) in [5.74, 6) is 0. The summed E-state index contributed by atoms with van der Waals surface area (Å²) in [6.07, 6.45) is 4.13. The van der Waals surface area contributed by atoms with Crippen molar-refractivity contribution in [2.45, 2.75) is 19.6 Å². The van der Waals surface area contributed by atoms with Gasteiger partial charge in [0, 0.05) is 38.6 Å². The molecule has 1 aliphatic rings. The molecule has 1 N–H and O–H groups in total. The number of ether oxygens (including phenoxy) is 1. The molecule has 1 atom stereocenters. The van der Waals surface area contributed by atoms with E-state index in [4.69, 9.17) is 4.74 Å². The van der Waals surface area contributed by atoms with E-state index < -0.39 is 0 Å². The van der Waals surface area contributed by atoms with Crippen LogP contribution in [0.25, 0.3) is 0 Å². The van der Waals surface area contributed by atoms with Gasteiger partial charge in [-0.2, -0.15) is 5.10 Å². The van der Waals surface area contributed by atoms with E-state index in [-0.39, 0.29) is 0 Å². The minimum Gasteiger partial charge on any atom is -0.374 e. The second-order valence-electron chi connectivity index (χ2n) is 4.36. The molecule has 1 aliphatic heterocycles. The Morgan fingerprint density at radius 3 is 3.24 bits per heavy atom. The fraction of sp³-hybridized carbons (Fsp3) is 0.750. The van der Waals surface area contributed by atoms with Crippen LogP contribution in [0.15, 0.2) is 18.5 Å². The minimum absolute atomic E-state index is 0.335. The highest BCUT2D eigenvalue weighted by molar-refractivity contribution is 4.78. The molecule has 0 radical (unpaired) electrons. The number of hydrogen-bond acceptors (Lipinski definition) is 4. The summed E-state index contributed by atoms with van der Waals surface area (Å²) >= 11 is 0. The van der Waals surface area contributed by atoms with E-state index in [1.165, 1.54) is 0 Å². The van der Waals surface area contributed by atoms with Gasteiger partial charge in [-0.3, -0.25) is 9.58 Å². The zero-order valence-electron chi connectivity index (χ0n) is 10.5. The van der Waals surface area contributed by atoms with Crippen LogP contribution < -0.4 is 5.32 Å². The van der Waals surface area contributed by atoms with Crippen molar-refractivity contribution in [3.8, 4) is 0 Å². The van der Waals surface area contributed by atoms with E-state index in [0.717, 1.165) is 45.9 Å². The average molecular weight is 238 g/mol. The topological polar surface area (TPSA) is 42.3 Å². The maximum atomic E-state index is 5.72. The van der Waals surface area contributed by atoms with Gasteiger partial charge in [0.25, 0.3) is 0 Å². The van der Waals surface area contributed by atoms with Gasteiger partial charge < -0.3 is 10.1 Å². The first-order chi connectivity index (χ1) is 8.38. The van der Waals surface area contributed by atoms with Crippen molar-refractivity contribution in [3.05, 3.63) is 18.5 Å². The van der Waals surface area contributed by atoms with Crippen molar-refractivity contribution in [1.82, 2.24) is 20.0 Å². The predicted octanol–water partition coefficient (Wildman–Crippen LogP) is 0.193. The average Bonchev–Trinajstić information content (AvgIpc) is 2.88. The predicted molar refractivity (Wildman–Crippen MR) is 67.0 cm³/mol. The van der Waals surface area contributed by atoms with Crippen molar-refractivity contribution in [1.29, 1.82) is 0 Å². The number of hydrogen-bond donors (Lipinski definition) is 1. The number of rotatable bonds is 6. The third kappa shape index (κ3) is 4.11. The van der Waals surface area contributed by atoms with Crippen molar-refractivity contribution in [3.63, 3.8) is 0 Å².